The molecule has 0 spiro atoms. The highest BCUT2D eigenvalue weighted by molar-refractivity contribution is 5.88. The average Bonchev–Trinajstić information content (AvgIpc) is 2.84. The zero-order valence-corrected chi connectivity index (χ0v) is 12.1. The maximum Gasteiger partial charge on any atom is 0.321 e. The van der Waals surface area contributed by atoms with Crippen molar-refractivity contribution >= 4 is 11.8 Å². The van der Waals surface area contributed by atoms with Crippen molar-refractivity contribution in [3.05, 3.63) is 11.8 Å². The van der Waals surface area contributed by atoms with E-state index in [0.717, 1.165) is 25.7 Å². The van der Waals surface area contributed by atoms with Crippen LogP contribution in [0.5, 0.6) is 0 Å². The Morgan fingerprint density at radius 3 is 2.75 bits per heavy atom. The van der Waals surface area contributed by atoms with Crippen LogP contribution >= 0.6 is 0 Å². The maximum absolute atomic E-state index is 12.0. The van der Waals surface area contributed by atoms with Gasteiger partial charge in [0.05, 0.1) is 12.1 Å². The minimum atomic E-state index is -0.594. The number of hydrogen-bond donors (Lipinski definition) is 3. The van der Waals surface area contributed by atoms with Gasteiger partial charge in [0.2, 0.25) is 0 Å². The fourth-order valence-corrected chi connectivity index (χ4v) is 2.84. The summed E-state index contributed by atoms with van der Waals surface area (Å²) in [6.07, 6.45) is 5.64. The molecule has 1 atom stereocenters. The molecule has 112 valence electrons. The molecule has 0 aromatic carbocycles. The van der Waals surface area contributed by atoms with Gasteiger partial charge in [-0.25, -0.2) is 4.79 Å². The monoisotopic (exact) mass is 281 g/mol. The van der Waals surface area contributed by atoms with E-state index in [2.05, 4.69) is 15.8 Å². The van der Waals surface area contributed by atoms with Gasteiger partial charge in [-0.3, -0.25) is 5.32 Å². The Labute approximate surface area is 118 Å². The van der Waals surface area contributed by atoms with Crippen LogP contribution in [0.15, 0.2) is 10.6 Å². The molecule has 2 amide bonds. The van der Waals surface area contributed by atoms with Crippen molar-refractivity contribution in [1.29, 1.82) is 0 Å². The molecule has 1 aromatic rings. The Kier molecular flexibility index (Phi) is 4.65. The van der Waals surface area contributed by atoms with Crippen molar-refractivity contribution in [2.75, 3.05) is 11.9 Å². The standard InChI is InChI=1S/C14H23N3O3/c1-10-8-12(17-20-10)15-13(19)16-14(2,9-18)11-6-4-3-5-7-11/h8,11,18H,3-7,9H2,1-2H3,(H2,15,16,17,19). The predicted molar refractivity (Wildman–Crippen MR) is 75.5 cm³/mol. The van der Waals surface area contributed by atoms with Gasteiger partial charge in [-0.2, -0.15) is 0 Å². The molecule has 1 saturated carbocycles. The van der Waals surface area contributed by atoms with Gasteiger partial charge < -0.3 is 14.9 Å². The smallest absolute Gasteiger partial charge is 0.321 e. The lowest BCUT2D eigenvalue weighted by molar-refractivity contribution is 0.103. The summed E-state index contributed by atoms with van der Waals surface area (Å²) in [5.41, 5.74) is -0.594. The molecule has 1 aliphatic rings. The molecule has 6 nitrogen and oxygen atoms in total. The number of anilines is 1. The summed E-state index contributed by atoms with van der Waals surface area (Å²) < 4.78 is 4.90. The van der Waals surface area contributed by atoms with Crippen molar-refractivity contribution < 1.29 is 14.4 Å². The first-order valence-electron chi connectivity index (χ1n) is 7.17. The predicted octanol–water partition coefficient (Wildman–Crippen LogP) is 2.44. The molecule has 1 aliphatic carbocycles. The largest absolute Gasteiger partial charge is 0.394 e. The Morgan fingerprint density at radius 2 is 2.20 bits per heavy atom. The molecule has 1 aromatic heterocycles. The van der Waals surface area contributed by atoms with E-state index in [0.29, 0.717) is 17.5 Å². The Hall–Kier alpha value is -1.56. The Balaban J connectivity index is 1.95. The molecule has 0 saturated heterocycles. The zero-order chi connectivity index (χ0) is 14.6. The first-order chi connectivity index (χ1) is 9.53. The maximum atomic E-state index is 12.0. The quantitative estimate of drug-likeness (QED) is 0.791. The van der Waals surface area contributed by atoms with E-state index in [1.54, 1.807) is 13.0 Å². The summed E-state index contributed by atoms with van der Waals surface area (Å²) >= 11 is 0. The van der Waals surface area contributed by atoms with Gasteiger partial charge in [0.25, 0.3) is 0 Å². The summed E-state index contributed by atoms with van der Waals surface area (Å²) in [5, 5.41) is 18.9. The first-order valence-corrected chi connectivity index (χ1v) is 7.17. The number of amides is 2. The lowest BCUT2D eigenvalue weighted by atomic mass is 9.76. The summed E-state index contributed by atoms with van der Waals surface area (Å²) in [6.45, 7) is 3.59. The van der Waals surface area contributed by atoms with Gasteiger partial charge in [-0.05, 0) is 32.6 Å². The fraction of sp³-hybridized carbons (Fsp3) is 0.714. The van der Waals surface area contributed by atoms with Crippen LogP contribution in [-0.2, 0) is 0 Å². The summed E-state index contributed by atoms with van der Waals surface area (Å²) in [6, 6.07) is 1.29. The van der Waals surface area contributed by atoms with Gasteiger partial charge in [-0.15, -0.1) is 0 Å². The third-order valence-corrected chi connectivity index (χ3v) is 4.10. The number of aliphatic hydroxyl groups is 1. The number of nitrogens with zero attached hydrogens (tertiary/aromatic N) is 1. The first kappa shape index (κ1) is 14.8. The van der Waals surface area contributed by atoms with Crippen LogP contribution in [-0.4, -0.2) is 28.4 Å². The van der Waals surface area contributed by atoms with Crippen molar-refractivity contribution in [2.45, 2.75) is 51.5 Å². The molecule has 0 bridgehead atoms. The van der Waals surface area contributed by atoms with Gasteiger partial charge >= 0.3 is 6.03 Å². The molecule has 1 fully saturated rings. The minimum absolute atomic E-state index is 0.0665. The van der Waals surface area contributed by atoms with Gasteiger partial charge in [0.1, 0.15) is 5.76 Å². The van der Waals surface area contributed by atoms with Crippen LogP contribution in [0.3, 0.4) is 0 Å². The summed E-state index contributed by atoms with van der Waals surface area (Å²) in [7, 11) is 0. The van der Waals surface area contributed by atoms with Crippen LogP contribution in [0.1, 0.15) is 44.8 Å². The number of aliphatic hydroxyl groups excluding tert-OH is 1. The van der Waals surface area contributed by atoms with E-state index >= 15 is 0 Å². The van der Waals surface area contributed by atoms with Crippen LogP contribution < -0.4 is 10.6 Å². The molecule has 1 heterocycles. The molecule has 0 aliphatic heterocycles. The molecule has 6 heteroatoms. The second-order valence-electron chi connectivity index (χ2n) is 5.81. The van der Waals surface area contributed by atoms with Gasteiger partial charge in [-0.1, -0.05) is 24.4 Å². The number of carbonyl (C=O) groups excluding carboxylic acids is 1. The second kappa shape index (κ2) is 6.26. The third-order valence-electron chi connectivity index (χ3n) is 4.10. The molecule has 3 N–H and O–H groups in total. The number of aromatic nitrogens is 1. The highest BCUT2D eigenvalue weighted by Gasteiger charge is 2.35. The Morgan fingerprint density at radius 1 is 1.50 bits per heavy atom. The van der Waals surface area contributed by atoms with E-state index in [1.807, 2.05) is 6.92 Å². The van der Waals surface area contributed by atoms with Crippen molar-refractivity contribution in [3.8, 4) is 0 Å². The van der Waals surface area contributed by atoms with Crippen molar-refractivity contribution in [1.82, 2.24) is 10.5 Å². The number of hydrogen-bond acceptors (Lipinski definition) is 4. The Bertz CT molecular complexity index is 454. The normalized spacial score (nSPS) is 19.4. The molecule has 1 unspecified atom stereocenters. The fourth-order valence-electron chi connectivity index (χ4n) is 2.84. The van der Waals surface area contributed by atoms with Crippen LogP contribution in [0.4, 0.5) is 10.6 Å². The van der Waals surface area contributed by atoms with E-state index in [1.165, 1.54) is 6.42 Å². The number of nitrogens with one attached hydrogen (secondary N) is 2. The molecular formula is C14H23N3O3. The third kappa shape index (κ3) is 3.50. The van der Waals surface area contributed by atoms with Crippen molar-refractivity contribution in [3.63, 3.8) is 0 Å². The highest BCUT2D eigenvalue weighted by atomic mass is 16.5. The molecule has 20 heavy (non-hydrogen) atoms. The molecule has 0 radical (unpaired) electrons. The number of urea groups is 1. The van der Waals surface area contributed by atoms with Crippen molar-refractivity contribution in [2.24, 2.45) is 5.92 Å². The van der Waals surface area contributed by atoms with Crippen LogP contribution in [0.25, 0.3) is 0 Å². The molecule has 2 rings (SSSR count). The topological polar surface area (TPSA) is 87.4 Å². The van der Waals surface area contributed by atoms with E-state index in [4.69, 9.17) is 4.52 Å². The summed E-state index contributed by atoms with van der Waals surface area (Å²) in [5.74, 6) is 1.33. The van der Waals surface area contributed by atoms with E-state index < -0.39 is 5.54 Å². The number of rotatable bonds is 4. The lowest BCUT2D eigenvalue weighted by Crippen LogP contribution is -2.55. The zero-order valence-electron chi connectivity index (χ0n) is 12.1. The SMILES string of the molecule is Cc1cc(NC(=O)NC(C)(CO)C2CCCCC2)no1. The highest BCUT2D eigenvalue weighted by Crippen LogP contribution is 2.32. The number of carbonyl (C=O) groups is 1. The lowest BCUT2D eigenvalue weighted by Gasteiger charge is -2.39. The van der Waals surface area contributed by atoms with Crippen LogP contribution in [0.2, 0.25) is 0 Å². The molecular weight excluding hydrogens is 258 g/mol. The minimum Gasteiger partial charge on any atom is -0.394 e. The van der Waals surface area contributed by atoms with E-state index in [9.17, 15) is 9.90 Å². The van der Waals surface area contributed by atoms with Gasteiger partial charge in [0, 0.05) is 6.07 Å². The summed E-state index contributed by atoms with van der Waals surface area (Å²) in [4.78, 5) is 12.0. The second-order valence-corrected chi connectivity index (χ2v) is 5.81. The van der Waals surface area contributed by atoms with E-state index in [-0.39, 0.29) is 12.6 Å². The number of aryl methyl sites for hydroxylation is 1. The van der Waals surface area contributed by atoms with Crippen LogP contribution in [0, 0.1) is 12.8 Å². The van der Waals surface area contributed by atoms with Gasteiger partial charge in [0.15, 0.2) is 5.82 Å². The average molecular weight is 281 g/mol.